The van der Waals surface area contributed by atoms with Crippen LogP contribution in [0.5, 0.6) is 0 Å². The number of β-amino-alcohol motifs (C(OH)–C–C–N with tert-alkyl or cyclic N) is 1. The fraction of sp³-hybridized carbons (Fsp3) is 0.438. The number of anilines is 1. The van der Waals surface area contributed by atoms with Gasteiger partial charge < -0.3 is 10.0 Å². The number of hydrogen-bond acceptors (Lipinski definition) is 3. The average Bonchev–Trinajstić information content (AvgIpc) is 2.83. The van der Waals surface area contributed by atoms with Crippen LogP contribution in [0.15, 0.2) is 30.6 Å². The van der Waals surface area contributed by atoms with Crippen molar-refractivity contribution in [1.82, 2.24) is 9.78 Å². The molecule has 106 valence electrons. The quantitative estimate of drug-likeness (QED) is 0.910. The van der Waals surface area contributed by atoms with Crippen LogP contribution < -0.4 is 4.90 Å². The van der Waals surface area contributed by atoms with E-state index >= 15 is 0 Å². The zero-order chi connectivity index (χ0) is 14.3. The summed E-state index contributed by atoms with van der Waals surface area (Å²) in [6.45, 7) is 5.05. The van der Waals surface area contributed by atoms with Gasteiger partial charge in [0.05, 0.1) is 12.3 Å². The number of aromatic nitrogens is 2. The van der Waals surface area contributed by atoms with Gasteiger partial charge in [-0.25, -0.2) is 0 Å². The van der Waals surface area contributed by atoms with Crippen LogP contribution in [0.25, 0.3) is 11.1 Å². The molecule has 0 radical (unpaired) electrons. The van der Waals surface area contributed by atoms with Crippen LogP contribution in [-0.2, 0) is 13.5 Å². The first kappa shape index (κ1) is 13.2. The van der Waals surface area contributed by atoms with Crippen molar-refractivity contribution in [2.75, 3.05) is 11.4 Å². The van der Waals surface area contributed by atoms with E-state index in [1.54, 1.807) is 0 Å². The fourth-order valence-electron chi connectivity index (χ4n) is 2.91. The number of aryl methyl sites for hydroxylation is 1. The van der Waals surface area contributed by atoms with Crippen molar-refractivity contribution in [2.45, 2.75) is 32.4 Å². The van der Waals surface area contributed by atoms with Crippen LogP contribution in [0.4, 0.5) is 5.69 Å². The second-order valence-corrected chi connectivity index (χ2v) is 5.85. The van der Waals surface area contributed by atoms with Crippen molar-refractivity contribution in [2.24, 2.45) is 7.05 Å². The van der Waals surface area contributed by atoms with E-state index in [0.717, 1.165) is 24.1 Å². The van der Waals surface area contributed by atoms with Crippen molar-refractivity contribution in [3.63, 3.8) is 0 Å². The molecule has 1 aliphatic rings. The van der Waals surface area contributed by atoms with Gasteiger partial charge in [0.15, 0.2) is 0 Å². The molecule has 1 aliphatic heterocycles. The Balaban J connectivity index is 2.02. The zero-order valence-corrected chi connectivity index (χ0v) is 12.2. The van der Waals surface area contributed by atoms with Gasteiger partial charge in [-0.2, -0.15) is 5.10 Å². The highest BCUT2D eigenvalue weighted by Crippen LogP contribution is 2.32. The predicted octanol–water partition coefficient (Wildman–Crippen LogP) is 2.22. The Bertz CT molecular complexity index is 618. The number of aliphatic hydroxyl groups excluding tert-OH is 1. The lowest BCUT2D eigenvalue weighted by atomic mass is 9.95. The van der Waals surface area contributed by atoms with Crippen molar-refractivity contribution in [3.8, 4) is 11.1 Å². The molecule has 0 fully saturated rings. The highest BCUT2D eigenvalue weighted by molar-refractivity contribution is 5.69. The molecular formula is C16H21N3O. The number of hydrogen-bond donors (Lipinski definition) is 1. The number of rotatable bonds is 2. The van der Waals surface area contributed by atoms with E-state index < -0.39 is 0 Å². The van der Waals surface area contributed by atoms with E-state index in [1.807, 2.05) is 24.1 Å². The van der Waals surface area contributed by atoms with Crippen LogP contribution in [0.3, 0.4) is 0 Å². The molecule has 4 heteroatoms. The smallest absolute Gasteiger partial charge is 0.0756 e. The van der Waals surface area contributed by atoms with Gasteiger partial charge in [0.25, 0.3) is 0 Å². The van der Waals surface area contributed by atoms with Crippen molar-refractivity contribution in [3.05, 3.63) is 36.2 Å². The molecule has 0 saturated carbocycles. The van der Waals surface area contributed by atoms with Crippen molar-refractivity contribution in [1.29, 1.82) is 0 Å². The topological polar surface area (TPSA) is 41.3 Å². The molecule has 1 aromatic heterocycles. The van der Waals surface area contributed by atoms with Gasteiger partial charge >= 0.3 is 0 Å². The minimum atomic E-state index is -0.283. The molecule has 0 saturated heterocycles. The molecule has 0 spiro atoms. The molecule has 0 bridgehead atoms. The maximum absolute atomic E-state index is 10.1. The van der Waals surface area contributed by atoms with Gasteiger partial charge in [-0.3, -0.25) is 4.68 Å². The van der Waals surface area contributed by atoms with Gasteiger partial charge in [-0.1, -0.05) is 6.07 Å². The maximum atomic E-state index is 10.1. The first-order valence-corrected chi connectivity index (χ1v) is 7.11. The van der Waals surface area contributed by atoms with Crippen LogP contribution in [0.1, 0.15) is 19.4 Å². The van der Waals surface area contributed by atoms with Gasteiger partial charge in [0.1, 0.15) is 0 Å². The number of aliphatic hydroxyl groups is 1. The first-order valence-electron chi connectivity index (χ1n) is 7.11. The van der Waals surface area contributed by atoms with E-state index in [9.17, 15) is 5.11 Å². The maximum Gasteiger partial charge on any atom is 0.0756 e. The lowest BCUT2D eigenvalue weighted by Gasteiger charge is -2.37. The van der Waals surface area contributed by atoms with Crippen LogP contribution >= 0.6 is 0 Å². The third-order valence-electron chi connectivity index (χ3n) is 3.91. The van der Waals surface area contributed by atoms with Gasteiger partial charge in [-0.05, 0) is 37.1 Å². The molecule has 0 amide bonds. The van der Waals surface area contributed by atoms with E-state index in [1.165, 1.54) is 11.3 Å². The lowest BCUT2D eigenvalue weighted by molar-refractivity contribution is 0.173. The summed E-state index contributed by atoms with van der Waals surface area (Å²) in [4.78, 5) is 2.27. The monoisotopic (exact) mass is 271 g/mol. The summed E-state index contributed by atoms with van der Waals surface area (Å²) in [6, 6.07) is 6.89. The molecule has 1 aromatic carbocycles. The Hall–Kier alpha value is -1.81. The Morgan fingerprint density at radius 2 is 2.10 bits per heavy atom. The Morgan fingerprint density at radius 3 is 2.75 bits per heavy atom. The zero-order valence-electron chi connectivity index (χ0n) is 12.2. The SMILES string of the molecule is CC(C)N1CC(O)Cc2cc(-c3cnn(C)c3)ccc21. The van der Waals surface area contributed by atoms with Gasteiger partial charge in [-0.15, -0.1) is 0 Å². The predicted molar refractivity (Wildman–Crippen MR) is 80.8 cm³/mol. The minimum Gasteiger partial charge on any atom is -0.391 e. The van der Waals surface area contributed by atoms with Gasteiger partial charge in [0, 0.05) is 43.5 Å². The average molecular weight is 271 g/mol. The minimum absolute atomic E-state index is 0.283. The molecule has 0 aliphatic carbocycles. The summed E-state index contributed by atoms with van der Waals surface area (Å²) in [6.07, 6.45) is 4.34. The summed E-state index contributed by atoms with van der Waals surface area (Å²) >= 11 is 0. The van der Waals surface area contributed by atoms with E-state index in [-0.39, 0.29) is 6.10 Å². The lowest BCUT2D eigenvalue weighted by Crippen LogP contribution is -2.42. The highest BCUT2D eigenvalue weighted by atomic mass is 16.3. The van der Waals surface area contributed by atoms with Gasteiger partial charge in [0.2, 0.25) is 0 Å². The molecule has 4 nitrogen and oxygen atoms in total. The van der Waals surface area contributed by atoms with E-state index in [2.05, 4.69) is 42.0 Å². The standard InChI is InChI=1S/C16H21N3O/c1-11(2)19-10-15(20)7-13-6-12(4-5-16(13)19)14-8-17-18(3)9-14/h4-6,8-9,11,15,20H,7,10H2,1-3H3. The Kier molecular flexibility index (Phi) is 3.26. The molecule has 3 rings (SSSR count). The van der Waals surface area contributed by atoms with Crippen LogP contribution in [-0.4, -0.2) is 33.6 Å². The molecule has 20 heavy (non-hydrogen) atoms. The summed E-state index contributed by atoms with van der Waals surface area (Å²) in [5.74, 6) is 0. The second kappa shape index (κ2) is 4.94. The summed E-state index contributed by atoms with van der Waals surface area (Å²) < 4.78 is 1.81. The third kappa shape index (κ3) is 2.31. The molecule has 1 atom stereocenters. The normalized spacial score (nSPS) is 18.4. The summed E-state index contributed by atoms with van der Waals surface area (Å²) in [5, 5.41) is 14.3. The number of nitrogens with zero attached hydrogens (tertiary/aromatic N) is 3. The first-order chi connectivity index (χ1) is 9.54. The molecule has 2 heterocycles. The van der Waals surface area contributed by atoms with E-state index in [4.69, 9.17) is 0 Å². The third-order valence-corrected chi connectivity index (χ3v) is 3.91. The van der Waals surface area contributed by atoms with Crippen LogP contribution in [0, 0.1) is 0 Å². The Morgan fingerprint density at radius 1 is 1.30 bits per heavy atom. The molecular weight excluding hydrogens is 250 g/mol. The Labute approximate surface area is 119 Å². The molecule has 1 unspecified atom stereocenters. The fourth-order valence-corrected chi connectivity index (χ4v) is 2.91. The van der Waals surface area contributed by atoms with Crippen molar-refractivity contribution < 1.29 is 5.11 Å². The second-order valence-electron chi connectivity index (χ2n) is 5.85. The van der Waals surface area contributed by atoms with Crippen molar-refractivity contribution >= 4 is 5.69 Å². The van der Waals surface area contributed by atoms with Crippen LogP contribution in [0.2, 0.25) is 0 Å². The number of benzene rings is 1. The van der Waals surface area contributed by atoms with E-state index in [0.29, 0.717) is 6.04 Å². The molecule has 2 aromatic rings. The molecule has 1 N–H and O–H groups in total. The summed E-state index contributed by atoms with van der Waals surface area (Å²) in [7, 11) is 1.92. The highest BCUT2D eigenvalue weighted by Gasteiger charge is 2.24. The number of fused-ring (bicyclic) bond motifs is 1. The summed E-state index contributed by atoms with van der Waals surface area (Å²) in [5.41, 5.74) is 4.75. The largest absolute Gasteiger partial charge is 0.391 e.